The van der Waals surface area contributed by atoms with E-state index in [1.165, 1.54) is 0 Å². The first-order valence-corrected chi connectivity index (χ1v) is 9.44. The molecule has 0 aliphatic rings. The zero-order valence-corrected chi connectivity index (χ0v) is 16.2. The van der Waals surface area contributed by atoms with Crippen LogP contribution in [0.1, 0.15) is 36.8 Å². The topological polar surface area (TPSA) is 69.1 Å². The number of hydrogen-bond acceptors (Lipinski definition) is 5. The molecule has 2 heterocycles. The van der Waals surface area contributed by atoms with Crippen LogP contribution in [0, 0.1) is 0 Å². The van der Waals surface area contributed by atoms with Crippen LogP contribution in [0.3, 0.4) is 0 Å². The van der Waals surface area contributed by atoms with E-state index in [2.05, 4.69) is 28.5 Å². The second-order valence-corrected chi connectivity index (χ2v) is 7.60. The van der Waals surface area contributed by atoms with Crippen molar-refractivity contribution in [1.29, 1.82) is 0 Å². The monoisotopic (exact) mass is 385 g/mol. The average molecular weight is 386 g/mol. The van der Waals surface area contributed by atoms with Gasteiger partial charge in [0.1, 0.15) is 5.03 Å². The van der Waals surface area contributed by atoms with Crippen molar-refractivity contribution in [2.75, 3.05) is 0 Å². The fourth-order valence-electron chi connectivity index (χ4n) is 2.59. The van der Waals surface area contributed by atoms with Crippen molar-refractivity contribution in [1.82, 2.24) is 14.5 Å². The Morgan fingerprint density at radius 2 is 2.15 bits per heavy atom. The van der Waals surface area contributed by atoms with Gasteiger partial charge < -0.3 is 10.4 Å². The molecule has 0 amide bonds. The highest BCUT2D eigenvalue weighted by atomic mass is 35.5. The number of nitrogens with two attached hydrogens (primary N) is 1. The minimum Gasteiger partial charge on any atom is -0.323 e. The summed E-state index contributed by atoms with van der Waals surface area (Å²) in [5.74, 6) is 6.40. The van der Waals surface area contributed by atoms with Crippen LogP contribution in [0.5, 0.6) is 0 Å². The normalized spacial score (nSPS) is 11.5. The van der Waals surface area contributed by atoms with E-state index in [1.54, 1.807) is 24.2 Å². The van der Waals surface area contributed by atoms with Crippen molar-refractivity contribution in [3.63, 3.8) is 0 Å². The Morgan fingerprint density at radius 3 is 2.81 bits per heavy atom. The lowest BCUT2D eigenvalue weighted by Gasteiger charge is -2.12. The highest BCUT2D eigenvalue weighted by Gasteiger charge is 2.20. The summed E-state index contributed by atoms with van der Waals surface area (Å²) in [6.07, 6.45) is 5.21. The molecule has 0 aliphatic carbocycles. The number of halogens is 1. The molecule has 3 aromatic rings. The summed E-state index contributed by atoms with van der Waals surface area (Å²) in [5.41, 5.74) is 2.09. The maximum Gasteiger partial charge on any atom is 0.154 e. The van der Waals surface area contributed by atoms with Gasteiger partial charge in [-0.25, -0.2) is 4.98 Å². The van der Waals surface area contributed by atoms with Crippen molar-refractivity contribution in [2.45, 2.75) is 36.2 Å². The Morgan fingerprint density at radius 1 is 1.31 bits per heavy atom. The zero-order chi connectivity index (χ0) is 18.5. The molecular weight excluding hydrogens is 366 g/mol. The Labute approximate surface area is 162 Å². The second kappa shape index (κ2) is 8.38. The molecule has 0 bridgehead atoms. The molecule has 1 aromatic carbocycles. The molecule has 0 saturated carbocycles. The summed E-state index contributed by atoms with van der Waals surface area (Å²) in [7, 11) is 0. The van der Waals surface area contributed by atoms with Crippen LogP contribution in [0.4, 0.5) is 0 Å². The van der Waals surface area contributed by atoms with Crippen LogP contribution in [0.25, 0.3) is 0 Å². The van der Waals surface area contributed by atoms with E-state index in [-0.39, 0.29) is 5.92 Å². The van der Waals surface area contributed by atoms with Gasteiger partial charge in [-0.05, 0) is 35.7 Å². The van der Waals surface area contributed by atoms with Crippen LogP contribution in [0.15, 0.2) is 63.8 Å². The maximum atomic E-state index is 6.16. The van der Waals surface area contributed by atoms with Crippen molar-refractivity contribution in [3.05, 3.63) is 70.9 Å². The number of aromatic nitrogens is 3. The van der Waals surface area contributed by atoms with E-state index < -0.39 is 0 Å². The smallest absolute Gasteiger partial charge is 0.154 e. The van der Waals surface area contributed by atoms with Crippen LogP contribution in [0.2, 0.25) is 5.02 Å². The lowest BCUT2D eigenvalue weighted by atomic mass is 10.1. The molecule has 3 rings (SSSR count). The number of hydrogen-bond donors (Lipinski definition) is 1. The van der Waals surface area contributed by atoms with Gasteiger partial charge in [0.05, 0.1) is 18.5 Å². The summed E-state index contributed by atoms with van der Waals surface area (Å²) in [6, 6.07) is 11.8. The Balaban J connectivity index is 2.09. The SMILES string of the molecule is CC(C)c1nc(C=NN)n(Cc2cccnc2)c1Sc1cccc(Cl)c1. The molecule has 5 nitrogen and oxygen atoms in total. The number of rotatable bonds is 6. The fourth-order valence-corrected chi connectivity index (χ4v) is 4.06. The standard InChI is InChI=1S/C19H20ClN5S/c1-13(2)18-19(26-16-7-3-6-15(20)9-16)25(17(24-18)11-23-21)12-14-5-4-8-22-10-14/h3-11,13H,12,21H2,1-2H3. The third kappa shape index (κ3) is 4.26. The van der Waals surface area contributed by atoms with Crippen LogP contribution < -0.4 is 5.84 Å². The van der Waals surface area contributed by atoms with Crippen molar-refractivity contribution >= 4 is 29.6 Å². The number of hydrazone groups is 1. The average Bonchev–Trinajstić information content (AvgIpc) is 2.94. The van der Waals surface area contributed by atoms with Gasteiger partial charge in [-0.3, -0.25) is 4.98 Å². The molecular formula is C19H20ClN5S. The van der Waals surface area contributed by atoms with E-state index in [0.29, 0.717) is 11.6 Å². The molecule has 134 valence electrons. The van der Waals surface area contributed by atoms with E-state index in [1.807, 2.05) is 42.6 Å². The Hall–Kier alpha value is -2.31. The number of nitrogens with zero attached hydrogens (tertiary/aromatic N) is 4. The summed E-state index contributed by atoms with van der Waals surface area (Å²) in [6.45, 7) is 4.89. The predicted octanol–water partition coefficient (Wildman–Crippen LogP) is 4.55. The Bertz CT molecular complexity index is 906. The summed E-state index contributed by atoms with van der Waals surface area (Å²) < 4.78 is 2.12. The van der Waals surface area contributed by atoms with Gasteiger partial charge >= 0.3 is 0 Å². The molecule has 0 fully saturated rings. The molecule has 2 N–H and O–H groups in total. The maximum absolute atomic E-state index is 6.16. The van der Waals surface area contributed by atoms with Crippen molar-refractivity contribution < 1.29 is 0 Å². The molecule has 0 aliphatic heterocycles. The van der Waals surface area contributed by atoms with E-state index in [4.69, 9.17) is 22.4 Å². The minimum absolute atomic E-state index is 0.261. The third-order valence-electron chi connectivity index (χ3n) is 3.79. The fraction of sp³-hybridized carbons (Fsp3) is 0.211. The van der Waals surface area contributed by atoms with Gasteiger partial charge in [0.15, 0.2) is 5.82 Å². The lowest BCUT2D eigenvalue weighted by Crippen LogP contribution is -2.07. The molecule has 0 saturated heterocycles. The minimum atomic E-state index is 0.261. The van der Waals surface area contributed by atoms with Crippen molar-refractivity contribution in [3.8, 4) is 0 Å². The quantitative estimate of drug-likeness (QED) is 0.384. The van der Waals surface area contributed by atoms with E-state index in [9.17, 15) is 0 Å². The number of pyridine rings is 1. The number of imidazole rings is 1. The molecule has 0 spiro atoms. The zero-order valence-electron chi connectivity index (χ0n) is 14.6. The van der Waals surface area contributed by atoms with Gasteiger partial charge in [-0.1, -0.05) is 49.3 Å². The first-order valence-electron chi connectivity index (χ1n) is 8.24. The highest BCUT2D eigenvalue weighted by Crippen LogP contribution is 2.35. The first-order chi connectivity index (χ1) is 12.6. The van der Waals surface area contributed by atoms with Gasteiger partial charge in [0.25, 0.3) is 0 Å². The number of benzene rings is 1. The van der Waals surface area contributed by atoms with Crippen LogP contribution in [-0.2, 0) is 6.54 Å². The van der Waals surface area contributed by atoms with Gasteiger partial charge in [0, 0.05) is 22.3 Å². The molecule has 26 heavy (non-hydrogen) atoms. The second-order valence-electron chi connectivity index (χ2n) is 6.10. The van der Waals surface area contributed by atoms with Crippen LogP contribution >= 0.6 is 23.4 Å². The Kier molecular flexibility index (Phi) is 5.96. The predicted molar refractivity (Wildman–Crippen MR) is 107 cm³/mol. The van der Waals surface area contributed by atoms with E-state index >= 15 is 0 Å². The molecule has 7 heteroatoms. The highest BCUT2D eigenvalue weighted by molar-refractivity contribution is 7.99. The molecule has 0 unspecified atom stereocenters. The van der Waals surface area contributed by atoms with Crippen molar-refractivity contribution in [2.24, 2.45) is 10.9 Å². The van der Waals surface area contributed by atoms with Gasteiger partial charge in [0.2, 0.25) is 0 Å². The molecule has 0 radical (unpaired) electrons. The van der Waals surface area contributed by atoms with E-state index in [0.717, 1.165) is 27.0 Å². The lowest BCUT2D eigenvalue weighted by molar-refractivity contribution is 0.702. The first kappa shape index (κ1) is 18.5. The van der Waals surface area contributed by atoms with Crippen LogP contribution in [-0.4, -0.2) is 20.7 Å². The summed E-state index contributed by atoms with van der Waals surface area (Å²) in [4.78, 5) is 10.0. The largest absolute Gasteiger partial charge is 0.323 e. The molecule has 0 atom stereocenters. The summed E-state index contributed by atoms with van der Waals surface area (Å²) >= 11 is 7.80. The molecule has 2 aromatic heterocycles. The summed E-state index contributed by atoms with van der Waals surface area (Å²) in [5, 5.41) is 5.46. The third-order valence-corrected chi connectivity index (χ3v) is 5.13. The van der Waals surface area contributed by atoms with Gasteiger partial charge in [-0.15, -0.1) is 0 Å². The van der Waals surface area contributed by atoms with Gasteiger partial charge in [-0.2, -0.15) is 5.10 Å².